The zero-order chi connectivity index (χ0) is 15.8. The second kappa shape index (κ2) is 5.64. The van der Waals surface area contributed by atoms with E-state index in [0.29, 0.717) is 27.9 Å². The summed E-state index contributed by atoms with van der Waals surface area (Å²) in [5.74, 6) is 0.473. The normalized spacial score (nSPS) is 11.2. The van der Waals surface area contributed by atoms with Gasteiger partial charge in [0.1, 0.15) is 11.0 Å². The lowest BCUT2D eigenvalue weighted by atomic mass is 10.2. The van der Waals surface area contributed by atoms with E-state index in [9.17, 15) is 4.79 Å². The molecule has 3 aromatic heterocycles. The number of hydrogen-bond acceptors (Lipinski definition) is 5. The van der Waals surface area contributed by atoms with E-state index in [1.54, 1.807) is 18.4 Å². The Morgan fingerprint density at radius 2 is 2.22 bits per heavy atom. The Hall–Kier alpha value is -2.44. The maximum Gasteiger partial charge on any atom is 0.271 e. The Labute approximate surface area is 139 Å². The van der Waals surface area contributed by atoms with Crippen molar-refractivity contribution in [1.82, 2.24) is 14.5 Å². The highest BCUT2D eigenvalue weighted by molar-refractivity contribution is 7.17. The summed E-state index contributed by atoms with van der Waals surface area (Å²) in [4.78, 5) is 21.1. The standard InChI is InChI=1S/C16H10ClN3O2S/c17-11-3-1-2-10(6-11)15-19-12(8-22-15)7-20-9-18-13-4-5-23-14(13)16(20)21/h1-6,8-9H,7H2. The van der Waals surface area contributed by atoms with E-state index in [1.165, 1.54) is 22.2 Å². The number of oxazole rings is 1. The summed E-state index contributed by atoms with van der Waals surface area (Å²) in [6, 6.07) is 9.10. The predicted molar refractivity (Wildman–Crippen MR) is 89.9 cm³/mol. The molecule has 4 rings (SSSR count). The van der Waals surface area contributed by atoms with Crippen molar-refractivity contribution in [2.45, 2.75) is 6.54 Å². The van der Waals surface area contributed by atoms with Crippen LogP contribution in [0.15, 0.2) is 57.5 Å². The van der Waals surface area contributed by atoms with Gasteiger partial charge in [0, 0.05) is 10.6 Å². The van der Waals surface area contributed by atoms with E-state index in [-0.39, 0.29) is 5.56 Å². The van der Waals surface area contributed by atoms with E-state index in [1.807, 2.05) is 23.6 Å². The van der Waals surface area contributed by atoms with Crippen molar-refractivity contribution in [3.05, 3.63) is 69.4 Å². The number of hydrogen-bond donors (Lipinski definition) is 0. The van der Waals surface area contributed by atoms with Crippen LogP contribution in [0.2, 0.25) is 5.02 Å². The number of rotatable bonds is 3. The molecule has 5 nitrogen and oxygen atoms in total. The lowest BCUT2D eigenvalue weighted by Gasteiger charge is -2.01. The van der Waals surface area contributed by atoms with Crippen molar-refractivity contribution in [2.75, 3.05) is 0 Å². The van der Waals surface area contributed by atoms with Gasteiger partial charge < -0.3 is 4.42 Å². The van der Waals surface area contributed by atoms with Gasteiger partial charge in [0.25, 0.3) is 5.56 Å². The van der Waals surface area contributed by atoms with Gasteiger partial charge in [0.15, 0.2) is 0 Å². The van der Waals surface area contributed by atoms with Gasteiger partial charge in [0.2, 0.25) is 5.89 Å². The Kier molecular flexibility index (Phi) is 3.48. The highest BCUT2D eigenvalue weighted by Crippen LogP contribution is 2.22. The first-order valence-electron chi connectivity index (χ1n) is 6.84. The quantitative estimate of drug-likeness (QED) is 0.567. The highest BCUT2D eigenvalue weighted by atomic mass is 35.5. The molecule has 0 aliphatic heterocycles. The monoisotopic (exact) mass is 343 g/mol. The average Bonchev–Trinajstić information content (AvgIpc) is 3.20. The second-order valence-corrected chi connectivity index (χ2v) is 6.32. The lowest BCUT2D eigenvalue weighted by Crippen LogP contribution is -2.20. The number of aromatic nitrogens is 3. The number of benzene rings is 1. The van der Waals surface area contributed by atoms with Crippen LogP contribution in [0, 0.1) is 0 Å². The summed E-state index contributed by atoms with van der Waals surface area (Å²) < 4.78 is 7.66. The Morgan fingerprint density at radius 1 is 1.30 bits per heavy atom. The Morgan fingerprint density at radius 3 is 3.09 bits per heavy atom. The van der Waals surface area contributed by atoms with Gasteiger partial charge in [-0.2, -0.15) is 0 Å². The van der Waals surface area contributed by atoms with Crippen LogP contribution in [0.4, 0.5) is 0 Å². The molecular formula is C16H10ClN3O2S. The summed E-state index contributed by atoms with van der Waals surface area (Å²) in [6.07, 6.45) is 3.08. The minimum atomic E-state index is -0.0719. The highest BCUT2D eigenvalue weighted by Gasteiger charge is 2.10. The Balaban J connectivity index is 1.66. The fourth-order valence-electron chi connectivity index (χ4n) is 2.30. The van der Waals surface area contributed by atoms with Gasteiger partial charge in [-0.25, -0.2) is 9.97 Å². The molecular weight excluding hydrogens is 334 g/mol. The van der Waals surface area contributed by atoms with Crippen molar-refractivity contribution in [3.63, 3.8) is 0 Å². The first-order valence-corrected chi connectivity index (χ1v) is 8.09. The molecule has 0 unspecified atom stereocenters. The van der Waals surface area contributed by atoms with Gasteiger partial charge in [-0.15, -0.1) is 11.3 Å². The number of nitrogens with zero attached hydrogens (tertiary/aromatic N) is 3. The summed E-state index contributed by atoms with van der Waals surface area (Å²) in [5.41, 5.74) is 2.09. The van der Waals surface area contributed by atoms with Crippen molar-refractivity contribution in [2.24, 2.45) is 0 Å². The van der Waals surface area contributed by atoms with Crippen LogP contribution in [0.25, 0.3) is 21.7 Å². The molecule has 0 saturated heterocycles. The summed E-state index contributed by atoms with van der Waals surface area (Å²) >= 11 is 7.36. The molecule has 0 atom stereocenters. The molecule has 0 bridgehead atoms. The third-order valence-electron chi connectivity index (χ3n) is 3.39. The Bertz CT molecular complexity index is 1050. The van der Waals surface area contributed by atoms with Gasteiger partial charge in [-0.05, 0) is 29.6 Å². The van der Waals surface area contributed by atoms with Gasteiger partial charge in [-0.3, -0.25) is 9.36 Å². The molecule has 0 amide bonds. The summed E-state index contributed by atoms with van der Waals surface area (Å²) in [7, 11) is 0. The first kappa shape index (κ1) is 14.2. The maximum atomic E-state index is 12.4. The van der Waals surface area contributed by atoms with E-state index in [2.05, 4.69) is 9.97 Å². The maximum absolute atomic E-state index is 12.4. The molecule has 114 valence electrons. The van der Waals surface area contributed by atoms with Gasteiger partial charge in [-0.1, -0.05) is 17.7 Å². The third-order valence-corrected chi connectivity index (χ3v) is 4.52. The molecule has 0 aliphatic rings. The molecule has 3 heterocycles. The van der Waals surface area contributed by atoms with Crippen LogP contribution < -0.4 is 5.56 Å². The number of fused-ring (bicyclic) bond motifs is 1. The van der Waals surface area contributed by atoms with Crippen molar-refractivity contribution >= 4 is 33.2 Å². The molecule has 4 aromatic rings. The number of thiophene rings is 1. The molecule has 0 spiro atoms. The van der Waals surface area contributed by atoms with Crippen LogP contribution in [0.5, 0.6) is 0 Å². The molecule has 0 aliphatic carbocycles. The van der Waals surface area contributed by atoms with Crippen LogP contribution in [0.3, 0.4) is 0 Å². The molecule has 1 aromatic carbocycles. The van der Waals surface area contributed by atoms with Gasteiger partial charge >= 0.3 is 0 Å². The average molecular weight is 344 g/mol. The molecule has 0 saturated carbocycles. The molecule has 7 heteroatoms. The van der Waals surface area contributed by atoms with Crippen LogP contribution >= 0.6 is 22.9 Å². The van der Waals surface area contributed by atoms with Crippen molar-refractivity contribution in [1.29, 1.82) is 0 Å². The first-order chi connectivity index (χ1) is 11.2. The molecule has 0 fully saturated rings. The third kappa shape index (κ3) is 2.67. The minimum absolute atomic E-state index is 0.0719. The topological polar surface area (TPSA) is 60.9 Å². The zero-order valence-corrected chi connectivity index (χ0v) is 13.3. The van der Waals surface area contributed by atoms with Crippen LogP contribution in [0.1, 0.15) is 5.69 Å². The zero-order valence-electron chi connectivity index (χ0n) is 11.8. The van der Waals surface area contributed by atoms with E-state index < -0.39 is 0 Å². The minimum Gasteiger partial charge on any atom is -0.444 e. The SMILES string of the molecule is O=c1c2sccc2ncn1Cc1coc(-c2cccc(Cl)c2)n1. The largest absolute Gasteiger partial charge is 0.444 e. The molecule has 0 N–H and O–H groups in total. The van der Waals surface area contributed by atoms with Crippen LogP contribution in [-0.4, -0.2) is 14.5 Å². The summed E-state index contributed by atoms with van der Waals surface area (Å²) in [6.45, 7) is 0.309. The van der Waals surface area contributed by atoms with Crippen LogP contribution in [-0.2, 0) is 6.54 Å². The van der Waals surface area contributed by atoms with Crippen molar-refractivity contribution in [3.8, 4) is 11.5 Å². The molecule has 0 radical (unpaired) electrons. The van der Waals surface area contributed by atoms with E-state index in [4.69, 9.17) is 16.0 Å². The fourth-order valence-corrected chi connectivity index (χ4v) is 3.28. The molecule has 23 heavy (non-hydrogen) atoms. The lowest BCUT2D eigenvalue weighted by molar-refractivity contribution is 0.571. The fraction of sp³-hybridized carbons (Fsp3) is 0.0625. The predicted octanol–water partition coefficient (Wildman–Crippen LogP) is 3.81. The van der Waals surface area contributed by atoms with E-state index in [0.717, 1.165) is 11.1 Å². The smallest absolute Gasteiger partial charge is 0.271 e. The summed E-state index contributed by atoms with van der Waals surface area (Å²) in [5, 5.41) is 2.47. The van der Waals surface area contributed by atoms with E-state index >= 15 is 0 Å². The van der Waals surface area contributed by atoms with Gasteiger partial charge in [0.05, 0.1) is 24.1 Å². The number of halogens is 1. The van der Waals surface area contributed by atoms with Crippen molar-refractivity contribution < 1.29 is 4.42 Å². The second-order valence-electron chi connectivity index (χ2n) is 4.97.